The van der Waals surface area contributed by atoms with Crippen LogP contribution in [0.25, 0.3) is 5.52 Å². The molecule has 96 valence electrons. The van der Waals surface area contributed by atoms with Crippen molar-refractivity contribution in [2.24, 2.45) is 5.73 Å². The van der Waals surface area contributed by atoms with E-state index in [-0.39, 0.29) is 0 Å². The Morgan fingerprint density at radius 1 is 1.16 bits per heavy atom. The third-order valence-electron chi connectivity index (χ3n) is 2.98. The lowest BCUT2D eigenvalue weighted by atomic mass is 10.0. The van der Waals surface area contributed by atoms with Gasteiger partial charge in [0.15, 0.2) is 0 Å². The third kappa shape index (κ3) is 2.18. The molecule has 3 aromatic rings. The zero-order chi connectivity index (χ0) is 13.4. The second-order valence-electron chi connectivity index (χ2n) is 4.15. The summed E-state index contributed by atoms with van der Waals surface area (Å²) in [7, 11) is 0. The standard InChI is InChI=1S/C13H10Cl2N4/c14-8-1-2-11(15)9(5-8)13(16)10-6-18-19-4-3-17-7-12(10)19/h1-7,13H,16H2. The van der Waals surface area contributed by atoms with E-state index in [1.807, 2.05) is 0 Å². The first-order valence-electron chi connectivity index (χ1n) is 5.64. The first kappa shape index (κ1) is 12.4. The summed E-state index contributed by atoms with van der Waals surface area (Å²) >= 11 is 12.2. The van der Waals surface area contributed by atoms with Gasteiger partial charge in [0.05, 0.1) is 24.0 Å². The lowest BCUT2D eigenvalue weighted by molar-refractivity contribution is 0.880. The quantitative estimate of drug-likeness (QED) is 0.790. The molecule has 2 N–H and O–H groups in total. The van der Waals surface area contributed by atoms with Crippen LogP contribution in [0, 0.1) is 0 Å². The van der Waals surface area contributed by atoms with Crippen LogP contribution in [0.5, 0.6) is 0 Å². The van der Waals surface area contributed by atoms with Gasteiger partial charge in [-0.05, 0) is 23.8 Å². The molecule has 0 fully saturated rings. The summed E-state index contributed by atoms with van der Waals surface area (Å²) in [4.78, 5) is 4.09. The van der Waals surface area contributed by atoms with Gasteiger partial charge >= 0.3 is 0 Å². The number of fused-ring (bicyclic) bond motifs is 1. The van der Waals surface area contributed by atoms with Crippen molar-refractivity contribution in [3.63, 3.8) is 0 Å². The highest BCUT2D eigenvalue weighted by Gasteiger charge is 2.17. The summed E-state index contributed by atoms with van der Waals surface area (Å²) in [6, 6.07) is 4.85. The van der Waals surface area contributed by atoms with E-state index in [4.69, 9.17) is 28.9 Å². The van der Waals surface area contributed by atoms with Gasteiger partial charge in [-0.1, -0.05) is 23.2 Å². The van der Waals surface area contributed by atoms with E-state index in [1.54, 1.807) is 47.5 Å². The fraction of sp³-hybridized carbons (Fsp3) is 0.0769. The molecule has 2 heterocycles. The van der Waals surface area contributed by atoms with E-state index >= 15 is 0 Å². The average molecular weight is 293 g/mol. The largest absolute Gasteiger partial charge is 0.320 e. The van der Waals surface area contributed by atoms with Gasteiger partial charge in [-0.2, -0.15) is 5.10 Å². The van der Waals surface area contributed by atoms with Gasteiger partial charge in [0.25, 0.3) is 0 Å². The number of halogens is 2. The van der Waals surface area contributed by atoms with E-state index in [0.717, 1.165) is 16.6 Å². The SMILES string of the molecule is NC(c1cc(Cl)ccc1Cl)c1cnn2ccncc12. The van der Waals surface area contributed by atoms with Crippen molar-refractivity contribution in [3.05, 3.63) is 64.2 Å². The Morgan fingerprint density at radius 3 is 2.84 bits per heavy atom. The van der Waals surface area contributed by atoms with Gasteiger partial charge in [0, 0.05) is 28.0 Å². The van der Waals surface area contributed by atoms with Crippen LogP contribution in [0.4, 0.5) is 0 Å². The van der Waals surface area contributed by atoms with Crippen LogP contribution in [0.1, 0.15) is 17.2 Å². The van der Waals surface area contributed by atoms with E-state index in [1.165, 1.54) is 0 Å². The minimum Gasteiger partial charge on any atom is -0.320 e. The predicted molar refractivity (Wildman–Crippen MR) is 75.5 cm³/mol. The Morgan fingerprint density at radius 2 is 2.00 bits per heavy atom. The first-order valence-corrected chi connectivity index (χ1v) is 6.40. The van der Waals surface area contributed by atoms with Crippen LogP contribution in [0.2, 0.25) is 10.0 Å². The van der Waals surface area contributed by atoms with Crippen LogP contribution in [-0.4, -0.2) is 14.6 Å². The summed E-state index contributed by atoms with van der Waals surface area (Å²) < 4.78 is 1.72. The van der Waals surface area contributed by atoms with Gasteiger partial charge < -0.3 is 5.73 Å². The van der Waals surface area contributed by atoms with Crippen molar-refractivity contribution in [2.75, 3.05) is 0 Å². The fourth-order valence-corrected chi connectivity index (χ4v) is 2.43. The molecule has 0 saturated carbocycles. The Bertz CT molecular complexity index is 738. The number of aromatic nitrogens is 3. The molecular weight excluding hydrogens is 283 g/mol. The van der Waals surface area contributed by atoms with Gasteiger partial charge in [0.1, 0.15) is 0 Å². The summed E-state index contributed by atoms with van der Waals surface area (Å²) in [5.41, 5.74) is 8.75. The highest BCUT2D eigenvalue weighted by Crippen LogP contribution is 2.30. The van der Waals surface area contributed by atoms with Gasteiger partial charge in [-0.15, -0.1) is 0 Å². The minimum atomic E-state index is -0.395. The van der Waals surface area contributed by atoms with Crippen LogP contribution >= 0.6 is 23.2 Å². The Hall–Kier alpha value is -1.62. The normalized spacial score (nSPS) is 12.8. The zero-order valence-electron chi connectivity index (χ0n) is 9.79. The van der Waals surface area contributed by atoms with E-state index in [2.05, 4.69) is 10.1 Å². The molecule has 2 aromatic heterocycles. The molecule has 0 bridgehead atoms. The van der Waals surface area contributed by atoms with Crippen molar-refractivity contribution >= 4 is 28.7 Å². The molecule has 19 heavy (non-hydrogen) atoms. The molecule has 0 spiro atoms. The maximum absolute atomic E-state index is 6.27. The number of hydrogen-bond donors (Lipinski definition) is 1. The molecule has 6 heteroatoms. The predicted octanol–water partition coefficient (Wildman–Crippen LogP) is 3.08. The smallest absolute Gasteiger partial charge is 0.0896 e. The molecule has 3 rings (SSSR count). The third-order valence-corrected chi connectivity index (χ3v) is 3.56. The lowest BCUT2D eigenvalue weighted by Gasteiger charge is -2.13. The molecule has 4 nitrogen and oxygen atoms in total. The van der Waals surface area contributed by atoms with Crippen molar-refractivity contribution in [1.29, 1.82) is 0 Å². The number of rotatable bonds is 2. The zero-order valence-corrected chi connectivity index (χ0v) is 11.3. The topological polar surface area (TPSA) is 56.2 Å². The molecule has 1 atom stereocenters. The molecule has 0 amide bonds. The number of hydrogen-bond acceptors (Lipinski definition) is 3. The molecule has 1 unspecified atom stereocenters. The second-order valence-corrected chi connectivity index (χ2v) is 4.99. The number of nitrogens with two attached hydrogens (primary N) is 1. The van der Waals surface area contributed by atoms with E-state index < -0.39 is 6.04 Å². The van der Waals surface area contributed by atoms with Gasteiger partial charge in [-0.3, -0.25) is 4.98 Å². The first-order chi connectivity index (χ1) is 9.16. The summed E-state index contributed by atoms with van der Waals surface area (Å²) in [5.74, 6) is 0. The number of benzene rings is 1. The molecular formula is C13H10Cl2N4. The molecule has 1 aromatic carbocycles. The highest BCUT2D eigenvalue weighted by molar-refractivity contribution is 6.33. The number of nitrogens with zero attached hydrogens (tertiary/aromatic N) is 3. The van der Waals surface area contributed by atoms with Crippen LogP contribution in [-0.2, 0) is 0 Å². The summed E-state index contributed by atoms with van der Waals surface area (Å²) in [5, 5.41) is 5.42. The maximum Gasteiger partial charge on any atom is 0.0896 e. The Labute approximate surface area is 119 Å². The van der Waals surface area contributed by atoms with Crippen LogP contribution < -0.4 is 5.73 Å². The van der Waals surface area contributed by atoms with Crippen molar-refractivity contribution < 1.29 is 0 Å². The van der Waals surface area contributed by atoms with E-state index in [9.17, 15) is 0 Å². The molecule has 0 aliphatic rings. The minimum absolute atomic E-state index is 0.395. The van der Waals surface area contributed by atoms with Gasteiger partial charge in [-0.25, -0.2) is 4.52 Å². The van der Waals surface area contributed by atoms with E-state index in [0.29, 0.717) is 10.0 Å². The second kappa shape index (κ2) is 4.81. The summed E-state index contributed by atoms with van der Waals surface area (Å²) in [6.07, 6.45) is 6.88. The van der Waals surface area contributed by atoms with Gasteiger partial charge in [0.2, 0.25) is 0 Å². The van der Waals surface area contributed by atoms with Crippen LogP contribution in [0.15, 0.2) is 43.0 Å². The van der Waals surface area contributed by atoms with Crippen molar-refractivity contribution in [1.82, 2.24) is 14.6 Å². The fourth-order valence-electron chi connectivity index (χ4n) is 2.01. The monoisotopic (exact) mass is 292 g/mol. The lowest BCUT2D eigenvalue weighted by Crippen LogP contribution is -2.12. The Balaban J connectivity index is 2.13. The Kier molecular flexibility index (Phi) is 3.14. The molecule has 0 saturated heterocycles. The molecule has 0 aliphatic heterocycles. The summed E-state index contributed by atoms with van der Waals surface area (Å²) in [6.45, 7) is 0. The van der Waals surface area contributed by atoms with Crippen molar-refractivity contribution in [3.8, 4) is 0 Å². The molecule has 0 aliphatic carbocycles. The maximum atomic E-state index is 6.27. The average Bonchev–Trinajstić information content (AvgIpc) is 2.84. The van der Waals surface area contributed by atoms with Crippen molar-refractivity contribution in [2.45, 2.75) is 6.04 Å². The van der Waals surface area contributed by atoms with Crippen LogP contribution in [0.3, 0.4) is 0 Å². The molecule has 0 radical (unpaired) electrons. The highest BCUT2D eigenvalue weighted by atomic mass is 35.5.